The molecule has 2 unspecified atom stereocenters. The molecule has 0 heterocycles. The van der Waals surface area contributed by atoms with Crippen molar-refractivity contribution in [1.82, 2.24) is 4.90 Å². The Hall–Kier alpha value is -1.49. The first-order chi connectivity index (χ1) is 10.0. The molecule has 1 rings (SSSR count). The van der Waals surface area contributed by atoms with Crippen molar-refractivity contribution in [3.63, 3.8) is 0 Å². The summed E-state index contributed by atoms with van der Waals surface area (Å²) in [6.45, 7) is 2.88. The number of aliphatic hydroxyl groups is 1. The molecule has 3 nitrogen and oxygen atoms in total. The molecule has 21 heavy (non-hydrogen) atoms. The molecule has 0 saturated heterocycles. The highest BCUT2D eigenvalue weighted by Crippen LogP contribution is 2.29. The Kier molecular flexibility index (Phi) is 7.29. The number of carbonyl (C=O) groups excluding carboxylic acids is 1. The fraction of sp³-hybridized carbons (Fsp3) is 0.562. The molecule has 0 spiro atoms. The molecule has 0 aliphatic heterocycles. The summed E-state index contributed by atoms with van der Waals surface area (Å²) < 4.78 is 25.3. The molecule has 0 aliphatic rings. The van der Waals surface area contributed by atoms with Gasteiger partial charge in [-0.3, -0.25) is 4.79 Å². The van der Waals surface area contributed by atoms with E-state index in [-0.39, 0.29) is 25.0 Å². The van der Waals surface area contributed by atoms with Gasteiger partial charge in [0.15, 0.2) is 0 Å². The van der Waals surface area contributed by atoms with Crippen LogP contribution in [-0.2, 0) is 4.79 Å². The average Bonchev–Trinajstić information content (AvgIpc) is 2.47. The quantitative estimate of drug-likeness (QED) is 0.802. The highest BCUT2D eigenvalue weighted by molar-refractivity contribution is 5.84. The van der Waals surface area contributed by atoms with Gasteiger partial charge >= 0.3 is 0 Å². The number of hydrogen-bond donors (Lipinski definition) is 1. The van der Waals surface area contributed by atoms with E-state index in [2.05, 4.69) is 0 Å². The van der Waals surface area contributed by atoms with Crippen LogP contribution < -0.4 is 0 Å². The second-order valence-corrected chi connectivity index (χ2v) is 5.17. The van der Waals surface area contributed by atoms with Gasteiger partial charge in [0.05, 0.1) is 19.1 Å². The van der Waals surface area contributed by atoms with Gasteiger partial charge in [0.25, 0.3) is 6.43 Å². The maximum absolute atomic E-state index is 12.7. The molecule has 2 atom stereocenters. The van der Waals surface area contributed by atoms with Crippen LogP contribution in [0, 0.1) is 5.92 Å². The standard InChI is InChI=1S/C16H23F2NO2/c1-3-12(2)15(13-7-5-4-6-8-13)16(21)19(9-10-20)11-14(17)18/h4-8,12,14-15,20H,3,9-11H2,1-2H3. The normalized spacial score (nSPS) is 14.0. The minimum atomic E-state index is -2.60. The zero-order chi connectivity index (χ0) is 15.8. The smallest absolute Gasteiger partial charge is 0.255 e. The van der Waals surface area contributed by atoms with E-state index in [4.69, 9.17) is 5.11 Å². The van der Waals surface area contributed by atoms with Crippen LogP contribution in [0.3, 0.4) is 0 Å². The van der Waals surface area contributed by atoms with Crippen LogP contribution >= 0.6 is 0 Å². The minimum absolute atomic E-state index is 0.0405. The van der Waals surface area contributed by atoms with Crippen molar-refractivity contribution in [3.05, 3.63) is 35.9 Å². The molecule has 0 bridgehead atoms. The van der Waals surface area contributed by atoms with E-state index < -0.39 is 18.9 Å². The van der Waals surface area contributed by atoms with Crippen molar-refractivity contribution in [3.8, 4) is 0 Å². The SMILES string of the molecule is CCC(C)C(C(=O)N(CCO)CC(F)F)c1ccccc1. The maximum atomic E-state index is 12.7. The van der Waals surface area contributed by atoms with Gasteiger partial charge in [-0.25, -0.2) is 8.78 Å². The highest BCUT2D eigenvalue weighted by atomic mass is 19.3. The Bertz CT molecular complexity index is 426. The molecule has 118 valence electrons. The molecule has 5 heteroatoms. The first-order valence-electron chi connectivity index (χ1n) is 7.24. The van der Waals surface area contributed by atoms with E-state index in [0.29, 0.717) is 0 Å². The zero-order valence-corrected chi connectivity index (χ0v) is 12.5. The Morgan fingerprint density at radius 1 is 1.29 bits per heavy atom. The van der Waals surface area contributed by atoms with E-state index >= 15 is 0 Å². The summed E-state index contributed by atoms with van der Waals surface area (Å²) >= 11 is 0. The van der Waals surface area contributed by atoms with Crippen molar-refractivity contribution in [2.24, 2.45) is 5.92 Å². The first-order valence-corrected chi connectivity index (χ1v) is 7.24. The predicted molar refractivity (Wildman–Crippen MR) is 78.3 cm³/mol. The van der Waals surface area contributed by atoms with Crippen LogP contribution in [0.15, 0.2) is 30.3 Å². The summed E-state index contributed by atoms with van der Waals surface area (Å²) in [5.74, 6) is -0.759. The van der Waals surface area contributed by atoms with E-state index in [1.54, 1.807) is 0 Å². The van der Waals surface area contributed by atoms with Crippen molar-refractivity contribution in [1.29, 1.82) is 0 Å². The Morgan fingerprint density at radius 2 is 1.90 bits per heavy atom. The average molecular weight is 299 g/mol. The summed E-state index contributed by atoms with van der Waals surface area (Å²) in [6.07, 6.45) is -1.83. The van der Waals surface area contributed by atoms with Crippen LogP contribution in [0.4, 0.5) is 8.78 Å². The second-order valence-electron chi connectivity index (χ2n) is 5.17. The van der Waals surface area contributed by atoms with Crippen molar-refractivity contribution in [2.75, 3.05) is 19.7 Å². The number of carbonyl (C=O) groups is 1. The Balaban J connectivity index is 3.03. The number of halogens is 2. The van der Waals surface area contributed by atoms with Crippen LogP contribution in [0.5, 0.6) is 0 Å². The van der Waals surface area contributed by atoms with Gasteiger partial charge in [-0.05, 0) is 11.5 Å². The Morgan fingerprint density at radius 3 is 2.38 bits per heavy atom. The number of nitrogens with zero attached hydrogens (tertiary/aromatic N) is 1. The van der Waals surface area contributed by atoms with Gasteiger partial charge < -0.3 is 10.0 Å². The van der Waals surface area contributed by atoms with Crippen LogP contribution in [-0.4, -0.2) is 42.0 Å². The number of benzene rings is 1. The molecule has 1 N–H and O–H groups in total. The third-order valence-electron chi connectivity index (χ3n) is 3.68. The van der Waals surface area contributed by atoms with Crippen LogP contribution in [0.25, 0.3) is 0 Å². The van der Waals surface area contributed by atoms with E-state index in [1.807, 2.05) is 44.2 Å². The van der Waals surface area contributed by atoms with Gasteiger partial charge in [0.1, 0.15) is 0 Å². The minimum Gasteiger partial charge on any atom is -0.395 e. The summed E-state index contributed by atoms with van der Waals surface area (Å²) in [6, 6.07) is 9.21. The van der Waals surface area contributed by atoms with E-state index in [9.17, 15) is 13.6 Å². The summed E-state index contributed by atoms with van der Waals surface area (Å²) in [7, 11) is 0. The summed E-state index contributed by atoms with van der Waals surface area (Å²) in [4.78, 5) is 13.7. The molecule has 1 amide bonds. The van der Waals surface area contributed by atoms with Crippen molar-refractivity contribution < 1.29 is 18.7 Å². The molecule has 1 aromatic carbocycles. The largest absolute Gasteiger partial charge is 0.395 e. The fourth-order valence-electron chi connectivity index (χ4n) is 2.39. The van der Waals surface area contributed by atoms with E-state index in [1.165, 1.54) is 0 Å². The number of alkyl halides is 2. The number of aliphatic hydroxyl groups excluding tert-OH is 1. The second kappa shape index (κ2) is 8.72. The monoisotopic (exact) mass is 299 g/mol. The molecule has 0 radical (unpaired) electrons. The van der Waals surface area contributed by atoms with Gasteiger partial charge in [-0.2, -0.15) is 0 Å². The van der Waals surface area contributed by atoms with Gasteiger partial charge in [0.2, 0.25) is 5.91 Å². The molecular weight excluding hydrogens is 276 g/mol. The lowest BCUT2D eigenvalue weighted by molar-refractivity contribution is -0.136. The maximum Gasteiger partial charge on any atom is 0.255 e. The van der Waals surface area contributed by atoms with Crippen molar-refractivity contribution in [2.45, 2.75) is 32.6 Å². The van der Waals surface area contributed by atoms with Gasteiger partial charge in [-0.15, -0.1) is 0 Å². The third kappa shape index (κ3) is 5.08. The lowest BCUT2D eigenvalue weighted by atomic mass is 9.84. The molecule has 0 aromatic heterocycles. The lowest BCUT2D eigenvalue weighted by Crippen LogP contribution is -2.41. The molecule has 0 aliphatic carbocycles. The highest BCUT2D eigenvalue weighted by Gasteiger charge is 2.30. The number of amides is 1. The molecule has 1 aromatic rings. The van der Waals surface area contributed by atoms with Gasteiger partial charge in [0, 0.05) is 6.54 Å². The van der Waals surface area contributed by atoms with Gasteiger partial charge in [-0.1, -0.05) is 50.6 Å². The topological polar surface area (TPSA) is 40.5 Å². The molecular formula is C16H23F2NO2. The summed E-state index contributed by atoms with van der Waals surface area (Å²) in [5.41, 5.74) is 0.828. The fourth-order valence-corrected chi connectivity index (χ4v) is 2.39. The van der Waals surface area contributed by atoms with Crippen molar-refractivity contribution >= 4 is 5.91 Å². The van der Waals surface area contributed by atoms with E-state index in [0.717, 1.165) is 16.9 Å². The Labute approximate surface area is 124 Å². The predicted octanol–water partition coefficient (Wildman–Crippen LogP) is 2.90. The third-order valence-corrected chi connectivity index (χ3v) is 3.68. The zero-order valence-electron chi connectivity index (χ0n) is 12.5. The number of hydrogen-bond acceptors (Lipinski definition) is 2. The lowest BCUT2D eigenvalue weighted by Gasteiger charge is -2.30. The molecule has 0 saturated carbocycles. The first kappa shape index (κ1) is 17.6. The summed E-state index contributed by atoms with van der Waals surface area (Å²) in [5, 5.41) is 9.01. The number of rotatable bonds is 8. The van der Waals surface area contributed by atoms with Crippen LogP contribution in [0.1, 0.15) is 31.7 Å². The molecule has 0 fully saturated rings. The van der Waals surface area contributed by atoms with Crippen LogP contribution in [0.2, 0.25) is 0 Å².